The highest BCUT2D eigenvalue weighted by molar-refractivity contribution is 5.63. The average Bonchev–Trinajstić information content (AvgIpc) is 2.19. The van der Waals surface area contributed by atoms with Crippen LogP contribution in [0.3, 0.4) is 0 Å². The third-order valence-corrected chi connectivity index (χ3v) is 1.96. The van der Waals surface area contributed by atoms with E-state index < -0.39 is 11.6 Å². The van der Waals surface area contributed by atoms with E-state index in [9.17, 15) is 8.78 Å². The molecule has 2 heteroatoms. The van der Waals surface area contributed by atoms with Gasteiger partial charge < -0.3 is 0 Å². The number of rotatable bonds is 1. The summed E-state index contributed by atoms with van der Waals surface area (Å²) >= 11 is 0. The molecule has 2 aromatic carbocycles. The van der Waals surface area contributed by atoms with E-state index in [-0.39, 0.29) is 0 Å². The Morgan fingerprint density at radius 2 is 1.64 bits per heavy atom. The van der Waals surface area contributed by atoms with Crippen LogP contribution in [0.2, 0.25) is 0 Å². The molecule has 0 saturated heterocycles. The maximum atomic E-state index is 13.3. The van der Waals surface area contributed by atoms with E-state index in [1.165, 1.54) is 12.1 Å². The van der Waals surface area contributed by atoms with Crippen molar-refractivity contribution in [1.82, 2.24) is 0 Å². The smallest absolute Gasteiger partial charge is 0.133 e. The lowest BCUT2D eigenvalue weighted by atomic mass is 10.1. The zero-order valence-corrected chi connectivity index (χ0v) is 7.30. The normalized spacial score (nSPS) is 10.1. The maximum Gasteiger partial charge on any atom is 0.133 e. The fourth-order valence-corrected chi connectivity index (χ4v) is 1.29. The van der Waals surface area contributed by atoms with Gasteiger partial charge in [0.15, 0.2) is 0 Å². The molecule has 69 valence electrons. The summed E-state index contributed by atoms with van der Waals surface area (Å²) in [7, 11) is 0. The highest BCUT2D eigenvalue weighted by Gasteiger charge is 2.04. The first-order valence-electron chi connectivity index (χ1n) is 4.19. The molecule has 0 N–H and O–H groups in total. The summed E-state index contributed by atoms with van der Waals surface area (Å²) in [6.45, 7) is 0. The van der Waals surface area contributed by atoms with Crippen molar-refractivity contribution in [3.05, 3.63) is 60.2 Å². The lowest BCUT2D eigenvalue weighted by molar-refractivity contribution is 0.585. The molecule has 1 radical (unpaired) electrons. The van der Waals surface area contributed by atoms with Gasteiger partial charge in [0.05, 0.1) is 0 Å². The number of hydrogen-bond donors (Lipinski definition) is 0. The first kappa shape index (κ1) is 8.88. The highest BCUT2D eigenvalue weighted by atomic mass is 19.1. The van der Waals surface area contributed by atoms with Gasteiger partial charge in [0.1, 0.15) is 11.6 Å². The van der Waals surface area contributed by atoms with E-state index >= 15 is 0 Å². The van der Waals surface area contributed by atoms with Gasteiger partial charge >= 0.3 is 0 Å². The summed E-state index contributed by atoms with van der Waals surface area (Å²) in [5.74, 6) is -1.11. The summed E-state index contributed by atoms with van der Waals surface area (Å²) in [5, 5.41) is 0. The molecule has 0 aliphatic carbocycles. The molecule has 2 aromatic rings. The van der Waals surface area contributed by atoms with Crippen LogP contribution in [0.15, 0.2) is 42.5 Å². The van der Waals surface area contributed by atoms with Crippen molar-refractivity contribution in [3.8, 4) is 11.1 Å². The van der Waals surface area contributed by atoms with Gasteiger partial charge in [-0.3, -0.25) is 0 Å². The zero-order valence-electron chi connectivity index (χ0n) is 7.30. The quantitative estimate of drug-likeness (QED) is 0.644. The van der Waals surface area contributed by atoms with Gasteiger partial charge in [-0.05, 0) is 23.8 Å². The minimum absolute atomic E-state index is 0.403. The molecule has 0 saturated carbocycles. The number of hydrogen-bond acceptors (Lipinski definition) is 0. The van der Waals surface area contributed by atoms with E-state index in [2.05, 4.69) is 6.07 Å². The standard InChI is InChI=1S/C12H7F2/c13-10-6-7-11(12(14)8-10)9-4-2-1-3-5-9/h2-8H. The van der Waals surface area contributed by atoms with Gasteiger partial charge in [-0.25, -0.2) is 8.78 Å². The Morgan fingerprint density at radius 1 is 0.929 bits per heavy atom. The molecule has 0 atom stereocenters. The largest absolute Gasteiger partial charge is 0.207 e. The van der Waals surface area contributed by atoms with E-state index in [4.69, 9.17) is 0 Å². The van der Waals surface area contributed by atoms with Crippen LogP contribution in [-0.4, -0.2) is 0 Å². The summed E-state index contributed by atoms with van der Waals surface area (Å²) in [6.07, 6.45) is 0. The minimum atomic E-state index is -0.561. The second-order valence-corrected chi connectivity index (χ2v) is 2.91. The van der Waals surface area contributed by atoms with Crippen molar-refractivity contribution >= 4 is 0 Å². The Morgan fingerprint density at radius 3 is 2.29 bits per heavy atom. The monoisotopic (exact) mass is 189 g/mol. The zero-order chi connectivity index (χ0) is 9.97. The molecule has 0 nitrogen and oxygen atoms in total. The van der Waals surface area contributed by atoms with Crippen LogP contribution in [0.1, 0.15) is 0 Å². The van der Waals surface area contributed by atoms with Gasteiger partial charge in [0.2, 0.25) is 0 Å². The van der Waals surface area contributed by atoms with Crippen molar-refractivity contribution in [1.29, 1.82) is 0 Å². The topological polar surface area (TPSA) is 0 Å². The molecule has 0 aromatic heterocycles. The minimum Gasteiger partial charge on any atom is -0.207 e. The summed E-state index contributed by atoms with van der Waals surface area (Å²) in [4.78, 5) is 0. The van der Waals surface area contributed by atoms with Crippen molar-refractivity contribution in [2.75, 3.05) is 0 Å². The van der Waals surface area contributed by atoms with Gasteiger partial charge in [-0.2, -0.15) is 0 Å². The predicted octanol–water partition coefficient (Wildman–Crippen LogP) is 3.43. The second-order valence-electron chi connectivity index (χ2n) is 2.91. The summed E-state index contributed by atoms with van der Waals surface area (Å²) in [6, 6.07) is 13.2. The van der Waals surface area contributed by atoms with Crippen LogP contribution >= 0.6 is 0 Å². The summed E-state index contributed by atoms with van der Waals surface area (Å²) in [5.41, 5.74) is 1.13. The van der Waals surface area contributed by atoms with Crippen molar-refractivity contribution in [2.24, 2.45) is 0 Å². The third-order valence-electron chi connectivity index (χ3n) is 1.96. The fraction of sp³-hybridized carbons (Fsp3) is 0. The molecule has 14 heavy (non-hydrogen) atoms. The van der Waals surface area contributed by atoms with Crippen LogP contribution in [0.4, 0.5) is 8.78 Å². The third kappa shape index (κ3) is 1.64. The van der Waals surface area contributed by atoms with Gasteiger partial charge in [-0.1, -0.05) is 24.3 Å². The van der Waals surface area contributed by atoms with Gasteiger partial charge in [0.25, 0.3) is 0 Å². The summed E-state index contributed by atoms with van der Waals surface area (Å²) < 4.78 is 25.9. The van der Waals surface area contributed by atoms with Gasteiger partial charge in [-0.15, -0.1) is 0 Å². The molecule has 0 unspecified atom stereocenters. The van der Waals surface area contributed by atoms with Crippen molar-refractivity contribution in [2.45, 2.75) is 0 Å². The van der Waals surface area contributed by atoms with E-state index in [0.717, 1.165) is 11.6 Å². The first-order valence-corrected chi connectivity index (χ1v) is 4.19. The molecule has 0 amide bonds. The molecular weight excluding hydrogens is 182 g/mol. The Kier molecular flexibility index (Phi) is 2.27. The van der Waals surface area contributed by atoms with E-state index in [1.54, 1.807) is 24.3 Å². The van der Waals surface area contributed by atoms with Crippen LogP contribution < -0.4 is 0 Å². The lowest BCUT2D eigenvalue weighted by Crippen LogP contribution is -1.85. The first-order chi connectivity index (χ1) is 6.77. The van der Waals surface area contributed by atoms with Crippen LogP contribution in [0, 0.1) is 17.7 Å². The SMILES string of the molecule is Fc1ccc(-c2cc[c]cc2)c(F)c1. The molecule has 0 fully saturated rings. The molecule has 2 rings (SSSR count). The Bertz CT molecular complexity index is 435. The highest BCUT2D eigenvalue weighted by Crippen LogP contribution is 2.22. The van der Waals surface area contributed by atoms with Crippen LogP contribution in [0.25, 0.3) is 11.1 Å². The van der Waals surface area contributed by atoms with Crippen LogP contribution in [-0.2, 0) is 0 Å². The van der Waals surface area contributed by atoms with Crippen molar-refractivity contribution < 1.29 is 8.78 Å². The second kappa shape index (κ2) is 3.58. The average molecular weight is 189 g/mol. The molecule has 0 aliphatic rings. The van der Waals surface area contributed by atoms with E-state index in [0.29, 0.717) is 5.56 Å². The Hall–Kier alpha value is -1.70. The van der Waals surface area contributed by atoms with Crippen molar-refractivity contribution in [3.63, 3.8) is 0 Å². The molecule has 0 bridgehead atoms. The maximum absolute atomic E-state index is 13.3. The molecule has 0 aliphatic heterocycles. The molecule has 0 heterocycles. The van der Waals surface area contributed by atoms with E-state index in [1.807, 2.05) is 0 Å². The molecule has 0 spiro atoms. The van der Waals surface area contributed by atoms with Gasteiger partial charge in [0, 0.05) is 11.6 Å². The predicted molar refractivity (Wildman–Crippen MR) is 50.6 cm³/mol. The number of halogens is 2. The fourth-order valence-electron chi connectivity index (χ4n) is 1.29. The lowest BCUT2D eigenvalue weighted by Gasteiger charge is -2.02. The number of benzene rings is 2. The Balaban J connectivity index is 2.53. The molecular formula is C12H7F2. The Labute approximate surface area is 80.8 Å². The van der Waals surface area contributed by atoms with Crippen LogP contribution in [0.5, 0.6) is 0 Å².